The van der Waals surface area contributed by atoms with Crippen molar-refractivity contribution in [2.45, 2.75) is 37.8 Å². The van der Waals surface area contributed by atoms with Crippen LogP contribution in [0.5, 0.6) is 0 Å². The Morgan fingerprint density at radius 2 is 2.17 bits per heavy atom. The van der Waals surface area contributed by atoms with E-state index >= 15 is 0 Å². The molecule has 0 bridgehead atoms. The van der Waals surface area contributed by atoms with E-state index in [2.05, 4.69) is 6.58 Å². The summed E-state index contributed by atoms with van der Waals surface area (Å²) in [7, 11) is 0. The quantitative estimate of drug-likeness (QED) is 0.394. The highest BCUT2D eigenvalue weighted by Crippen LogP contribution is 2.28. The zero-order valence-electron chi connectivity index (χ0n) is 7.21. The second kappa shape index (κ2) is 3.72. The van der Waals surface area contributed by atoms with Gasteiger partial charge < -0.3 is 4.74 Å². The van der Waals surface area contributed by atoms with E-state index in [-0.39, 0.29) is 12.4 Å². The smallest absolute Gasteiger partial charge is 0.311 e. The van der Waals surface area contributed by atoms with E-state index in [9.17, 15) is 4.79 Å². The molecule has 1 saturated carbocycles. The lowest BCUT2D eigenvalue weighted by molar-refractivity contribution is -0.157. The maximum absolute atomic E-state index is 11.0. The molecule has 0 heterocycles. The number of esters is 1. The Morgan fingerprint density at radius 1 is 1.58 bits per heavy atom. The van der Waals surface area contributed by atoms with Gasteiger partial charge in [0, 0.05) is 12.8 Å². The fourth-order valence-corrected chi connectivity index (χ4v) is 1.46. The van der Waals surface area contributed by atoms with Crippen molar-refractivity contribution in [3.63, 3.8) is 0 Å². The van der Waals surface area contributed by atoms with E-state index in [4.69, 9.17) is 10.5 Å². The number of rotatable bonds is 3. The lowest BCUT2D eigenvalue weighted by Crippen LogP contribution is -2.41. The standard InChI is InChI=1S/C9H15NO2/c1-2-5-8(11)12-9(10)6-3-4-7-9/h2H,1,3-7,10H2. The summed E-state index contributed by atoms with van der Waals surface area (Å²) < 4.78 is 5.11. The maximum Gasteiger partial charge on any atom is 0.311 e. The Hall–Kier alpha value is -0.830. The zero-order valence-corrected chi connectivity index (χ0v) is 7.21. The second-order valence-electron chi connectivity index (χ2n) is 3.24. The minimum absolute atomic E-state index is 0.249. The highest BCUT2D eigenvalue weighted by molar-refractivity contribution is 5.71. The number of ether oxygens (including phenoxy) is 1. The summed E-state index contributed by atoms with van der Waals surface area (Å²) >= 11 is 0. The van der Waals surface area contributed by atoms with Crippen molar-refractivity contribution in [1.29, 1.82) is 0 Å². The molecule has 68 valence electrons. The molecule has 1 aliphatic carbocycles. The average Bonchev–Trinajstić information content (AvgIpc) is 2.36. The minimum Gasteiger partial charge on any atom is -0.444 e. The van der Waals surface area contributed by atoms with Gasteiger partial charge >= 0.3 is 5.97 Å². The molecule has 0 atom stereocenters. The van der Waals surface area contributed by atoms with Crippen molar-refractivity contribution >= 4 is 5.97 Å². The van der Waals surface area contributed by atoms with Crippen LogP contribution in [-0.4, -0.2) is 11.7 Å². The molecule has 0 spiro atoms. The molecule has 12 heavy (non-hydrogen) atoms. The molecule has 0 unspecified atom stereocenters. The molecular formula is C9H15NO2. The van der Waals surface area contributed by atoms with Gasteiger partial charge in [-0.3, -0.25) is 10.5 Å². The van der Waals surface area contributed by atoms with Gasteiger partial charge in [-0.15, -0.1) is 6.58 Å². The van der Waals surface area contributed by atoms with E-state index in [0.29, 0.717) is 0 Å². The first kappa shape index (κ1) is 9.26. The third-order valence-corrected chi connectivity index (χ3v) is 2.08. The molecule has 2 N–H and O–H groups in total. The molecule has 0 amide bonds. The Bertz CT molecular complexity index is 183. The van der Waals surface area contributed by atoms with Crippen molar-refractivity contribution in [3.05, 3.63) is 12.7 Å². The molecule has 3 nitrogen and oxygen atoms in total. The predicted molar refractivity (Wildman–Crippen MR) is 46.3 cm³/mol. The Labute approximate surface area is 72.6 Å². The normalized spacial score (nSPS) is 20.4. The van der Waals surface area contributed by atoms with Gasteiger partial charge in [-0.05, 0) is 12.8 Å². The van der Waals surface area contributed by atoms with Gasteiger partial charge in [-0.25, -0.2) is 0 Å². The molecule has 0 aromatic carbocycles. The molecule has 0 aliphatic heterocycles. The number of carbonyl (C=O) groups excluding carboxylic acids is 1. The lowest BCUT2D eigenvalue weighted by Gasteiger charge is -2.23. The number of hydrogen-bond acceptors (Lipinski definition) is 3. The van der Waals surface area contributed by atoms with Crippen LogP contribution in [0.3, 0.4) is 0 Å². The summed E-state index contributed by atoms with van der Waals surface area (Å²) in [4.78, 5) is 11.0. The van der Waals surface area contributed by atoms with E-state index in [1.165, 1.54) is 6.08 Å². The molecule has 1 fully saturated rings. The summed E-state index contributed by atoms with van der Waals surface area (Å²) in [5.41, 5.74) is 5.13. The van der Waals surface area contributed by atoms with Crippen LogP contribution in [0.4, 0.5) is 0 Å². The number of hydrogen-bond donors (Lipinski definition) is 1. The van der Waals surface area contributed by atoms with Crippen LogP contribution in [-0.2, 0) is 9.53 Å². The second-order valence-corrected chi connectivity index (χ2v) is 3.24. The van der Waals surface area contributed by atoms with Crippen molar-refractivity contribution in [2.24, 2.45) is 5.73 Å². The van der Waals surface area contributed by atoms with E-state index in [0.717, 1.165) is 25.7 Å². The first-order chi connectivity index (χ1) is 5.66. The summed E-state index contributed by atoms with van der Waals surface area (Å²) in [6, 6.07) is 0. The zero-order chi connectivity index (χ0) is 9.03. The van der Waals surface area contributed by atoms with Gasteiger partial charge in [0.15, 0.2) is 5.72 Å². The van der Waals surface area contributed by atoms with Crippen LogP contribution in [0.25, 0.3) is 0 Å². The van der Waals surface area contributed by atoms with Crippen molar-refractivity contribution in [3.8, 4) is 0 Å². The molecule has 0 aromatic rings. The Balaban J connectivity index is 2.38. The SMILES string of the molecule is C=CCC(=O)OC1(N)CCCC1. The largest absolute Gasteiger partial charge is 0.444 e. The van der Waals surface area contributed by atoms with Crippen LogP contribution in [0.1, 0.15) is 32.1 Å². The van der Waals surface area contributed by atoms with Gasteiger partial charge in [0.2, 0.25) is 0 Å². The highest BCUT2D eigenvalue weighted by Gasteiger charge is 2.32. The van der Waals surface area contributed by atoms with Crippen LogP contribution in [0, 0.1) is 0 Å². The number of carbonyl (C=O) groups is 1. The topological polar surface area (TPSA) is 52.3 Å². The number of nitrogens with two attached hydrogens (primary N) is 1. The van der Waals surface area contributed by atoms with Crippen LogP contribution in [0.15, 0.2) is 12.7 Å². The first-order valence-electron chi connectivity index (χ1n) is 4.28. The van der Waals surface area contributed by atoms with E-state index in [1.54, 1.807) is 0 Å². The van der Waals surface area contributed by atoms with Gasteiger partial charge in [0.25, 0.3) is 0 Å². The first-order valence-corrected chi connectivity index (χ1v) is 4.28. The van der Waals surface area contributed by atoms with Crippen molar-refractivity contribution in [2.75, 3.05) is 0 Å². The Kier molecular flexibility index (Phi) is 2.87. The maximum atomic E-state index is 11.0. The molecule has 1 rings (SSSR count). The van der Waals surface area contributed by atoms with Crippen LogP contribution < -0.4 is 5.73 Å². The fraction of sp³-hybridized carbons (Fsp3) is 0.667. The van der Waals surface area contributed by atoms with Gasteiger partial charge in [-0.1, -0.05) is 6.08 Å². The summed E-state index contributed by atoms with van der Waals surface area (Å²) in [5.74, 6) is -0.269. The van der Waals surface area contributed by atoms with Crippen LogP contribution >= 0.6 is 0 Å². The van der Waals surface area contributed by atoms with E-state index < -0.39 is 5.72 Å². The van der Waals surface area contributed by atoms with Gasteiger partial charge in [0.05, 0.1) is 6.42 Å². The monoisotopic (exact) mass is 169 g/mol. The molecular weight excluding hydrogens is 154 g/mol. The van der Waals surface area contributed by atoms with E-state index in [1.807, 2.05) is 0 Å². The Morgan fingerprint density at radius 3 is 2.67 bits per heavy atom. The molecule has 0 saturated heterocycles. The fourth-order valence-electron chi connectivity index (χ4n) is 1.46. The third kappa shape index (κ3) is 2.34. The summed E-state index contributed by atoms with van der Waals surface area (Å²) in [6.07, 6.45) is 5.46. The lowest BCUT2D eigenvalue weighted by atomic mass is 10.2. The van der Waals surface area contributed by atoms with Gasteiger partial charge in [0.1, 0.15) is 0 Å². The molecule has 0 aromatic heterocycles. The minimum atomic E-state index is -0.680. The predicted octanol–water partition coefficient (Wildman–Crippen LogP) is 1.33. The van der Waals surface area contributed by atoms with Crippen molar-refractivity contribution < 1.29 is 9.53 Å². The summed E-state index contributed by atoms with van der Waals surface area (Å²) in [6.45, 7) is 3.46. The molecule has 0 radical (unpaired) electrons. The average molecular weight is 169 g/mol. The van der Waals surface area contributed by atoms with Crippen molar-refractivity contribution in [1.82, 2.24) is 0 Å². The summed E-state index contributed by atoms with van der Waals surface area (Å²) in [5, 5.41) is 0. The molecule has 3 heteroatoms. The third-order valence-electron chi connectivity index (χ3n) is 2.08. The van der Waals surface area contributed by atoms with Gasteiger partial charge in [-0.2, -0.15) is 0 Å². The highest BCUT2D eigenvalue weighted by atomic mass is 16.6. The van der Waals surface area contributed by atoms with Crippen LogP contribution in [0.2, 0.25) is 0 Å². The molecule has 1 aliphatic rings.